The van der Waals surface area contributed by atoms with Crippen LogP contribution in [0, 0.1) is 5.92 Å². The zero-order valence-corrected chi connectivity index (χ0v) is 10.2. The van der Waals surface area contributed by atoms with Crippen LogP contribution in [-0.2, 0) is 11.3 Å². The Kier molecular flexibility index (Phi) is 5.55. The minimum absolute atomic E-state index is 0.0721. The number of carbonyl (C=O) groups is 1. The van der Waals surface area contributed by atoms with Crippen LogP contribution in [0.4, 0.5) is 0 Å². The predicted molar refractivity (Wildman–Crippen MR) is 60.9 cm³/mol. The lowest BCUT2D eigenvalue weighted by molar-refractivity contribution is -0.122. The number of aromatic nitrogens is 4. The summed E-state index contributed by atoms with van der Waals surface area (Å²) < 4.78 is 1.33. The minimum Gasteiger partial charge on any atom is -0.391 e. The summed E-state index contributed by atoms with van der Waals surface area (Å²) in [6.07, 6.45) is 2.68. The molecule has 1 rings (SSSR count). The fourth-order valence-corrected chi connectivity index (χ4v) is 1.67. The number of aliphatic hydroxyl groups is 1. The van der Waals surface area contributed by atoms with Crippen LogP contribution in [0.5, 0.6) is 0 Å². The molecule has 1 amide bonds. The molecular weight excluding hydrogens is 222 g/mol. The van der Waals surface area contributed by atoms with Gasteiger partial charge in [-0.25, -0.2) is 4.68 Å². The average molecular weight is 241 g/mol. The van der Waals surface area contributed by atoms with Gasteiger partial charge in [0.2, 0.25) is 5.91 Å². The second-order valence-electron chi connectivity index (χ2n) is 3.96. The van der Waals surface area contributed by atoms with E-state index < -0.39 is 6.10 Å². The highest BCUT2D eigenvalue weighted by Gasteiger charge is 2.16. The second kappa shape index (κ2) is 6.95. The summed E-state index contributed by atoms with van der Waals surface area (Å²) in [6.45, 7) is 4.40. The monoisotopic (exact) mass is 241 g/mol. The van der Waals surface area contributed by atoms with Crippen LogP contribution in [0.3, 0.4) is 0 Å². The van der Waals surface area contributed by atoms with Crippen molar-refractivity contribution in [3.63, 3.8) is 0 Å². The topological polar surface area (TPSA) is 92.9 Å². The maximum absolute atomic E-state index is 11.5. The van der Waals surface area contributed by atoms with Gasteiger partial charge in [-0.15, -0.1) is 5.10 Å². The fraction of sp³-hybridized carbons (Fsp3) is 0.800. The number of carbonyl (C=O) groups excluding carboxylic acids is 1. The molecule has 0 aliphatic heterocycles. The highest BCUT2D eigenvalue weighted by molar-refractivity contribution is 5.75. The molecule has 0 unspecified atom stereocenters. The van der Waals surface area contributed by atoms with E-state index in [1.54, 1.807) is 0 Å². The first-order chi connectivity index (χ1) is 8.17. The lowest BCUT2D eigenvalue weighted by Crippen LogP contribution is -2.37. The summed E-state index contributed by atoms with van der Waals surface area (Å²) >= 11 is 0. The van der Waals surface area contributed by atoms with E-state index in [9.17, 15) is 9.90 Å². The molecule has 1 aromatic heterocycles. The molecule has 0 aliphatic carbocycles. The average Bonchev–Trinajstić information content (AvgIpc) is 2.81. The molecule has 1 heterocycles. The third-order valence-corrected chi connectivity index (χ3v) is 2.80. The van der Waals surface area contributed by atoms with Gasteiger partial charge in [-0.1, -0.05) is 26.7 Å². The third-order valence-electron chi connectivity index (χ3n) is 2.80. The Morgan fingerprint density at radius 3 is 2.71 bits per heavy atom. The van der Waals surface area contributed by atoms with Crippen LogP contribution in [0.1, 0.15) is 26.7 Å². The van der Waals surface area contributed by atoms with E-state index in [4.69, 9.17) is 0 Å². The first-order valence-corrected chi connectivity index (χ1v) is 5.82. The molecule has 0 saturated heterocycles. The Morgan fingerprint density at radius 1 is 1.47 bits per heavy atom. The van der Waals surface area contributed by atoms with E-state index in [-0.39, 0.29) is 24.9 Å². The molecule has 0 radical (unpaired) electrons. The highest BCUT2D eigenvalue weighted by atomic mass is 16.3. The molecule has 2 N–H and O–H groups in total. The number of rotatable bonds is 7. The first-order valence-electron chi connectivity index (χ1n) is 5.82. The van der Waals surface area contributed by atoms with Crippen molar-refractivity contribution in [3.05, 3.63) is 6.33 Å². The highest BCUT2D eigenvalue weighted by Crippen LogP contribution is 2.11. The molecule has 1 aromatic rings. The van der Waals surface area contributed by atoms with Gasteiger partial charge in [-0.3, -0.25) is 4.79 Å². The quantitative estimate of drug-likeness (QED) is 0.676. The maximum atomic E-state index is 11.5. The molecule has 0 spiro atoms. The van der Waals surface area contributed by atoms with Gasteiger partial charge in [-0.2, -0.15) is 0 Å². The predicted octanol–water partition coefficient (Wildman–Crippen LogP) is -0.414. The van der Waals surface area contributed by atoms with Crippen molar-refractivity contribution in [3.8, 4) is 0 Å². The number of hydrogen-bond donors (Lipinski definition) is 2. The summed E-state index contributed by atoms with van der Waals surface area (Å²) in [5.41, 5.74) is 0. The van der Waals surface area contributed by atoms with Crippen molar-refractivity contribution in [2.75, 3.05) is 6.54 Å². The Morgan fingerprint density at radius 2 is 2.18 bits per heavy atom. The summed E-state index contributed by atoms with van der Waals surface area (Å²) in [6, 6.07) is 0. The third kappa shape index (κ3) is 4.48. The van der Waals surface area contributed by atoms with E-state index in [1.807, 2.05) is 13.8 Å². The van der Waals surface area contributed by atoms with Crippen LogP contribution in [0.25, 0.3) is 0 Å². The number of hydrogen-bond acceptors (Lipinski definition) is 5. The van der Waals surface area contributed by atoms with Gasteiger partial charge in [0.25, 0.3) is 0 Å². The van der Waals surface area contributed by atoms with Crippen LogP contribution < -0.4 is 5.32 Å². The van der Waals surface area contributed by atoms with Gasteiger partial charge in [0, 0.05) is 6.54 Å². The van der Waals surface area contributed by atoms with Crippen molar-refractivity contribution in [1.29, 1.82) is 0 Å². The van der Waals surface area contributed by atoms with Crippen LogP contribution >= 0.6 is 0 Å². The molecule has 96 valence electrons. The Bertz CT molecular complexity index is 323. The van der Waals surface area contributed by atoms with Crippen molar-refractivity contribution in [1.82, 2.24) is 25.5 Å². The van der Waals surface area contributed by atoms with Crippen LogP contribution in [0.2, 0.25) is 0 Å². The van der Waals surface area contributed by atoms with E-state index in [2.05, 4.69) is 20.8 Å². The molecule has 0 aromatic carbocycles. The van der Waals surface area contributed by atoms with Crippen LogP contribution in [-0.4, -0.2) is 43.9 Å². The lowest BCUT2D eigenvalue weighted by Gasteiger charge is -2.20. The molecule has 0 fully saturated rings. The summed E-state index contributed by atoms with van der Waals surface area (Å²) in [5, 5.41) is 22.9. The second-order valence-corrected chi connectivity index (χ2v) is 3.96. The lowest BCUT2D eigenvalue weighted by atomic mass is 9.96. The zero-order valence-electron chi connectivity index (χ0n) is 10.2. The van der Waals surface area contributed by atoms with Crippen LogP contribution in [0.15, 0.2) is 6.33 Å². The van der Waals surface area contributed by atoms with Gasteiger partial charge < -0.3 is 10.4 Å². The molecule has 1 atom stereocenters. The molecule has 7 nitrogen and oxygen atoms in total. The minimum atomic E-state index is -0.497. The Hall–Kier alpha value is -1.50. The standard InChI is InChI=1S/C10H19N5O2/c1-3-8(4-2)9(16)5-11-10(17)6-15-7-12-13-14-15/h7-9,16H,3-6H2,1-2H3,(H,11,17)/t9-/m0/s1. The normalized spacial score (nSPS) is 12.7. The van der Waals surface area contributed by atoms with Crippen molar-refractivity contribution >= 4 is 5.91 Å². The largest absolute Gasteiger partial charge is 0.391 e. The Balaban J connectivity index is 2.28. The number of amides is 1. The fourth-order valence-electron chi connectivity index (χ4n) is 1.67. The van der Waals surface area contributed by atoms with E-state index in [0.717, 1.165) is 12.8 Å². The summed E-state index contributed by atoms with van der Waals surface area (Å²) in [5.74, 6) is 0.0191. The molecular formula is C10H19N5O2. The molecule has 0 saturated carbocycles. The van der Waals surface area contributed by atoms with Gasteiger partial charge in [0.15, 0.2) is 0 Å². The van der Waals surface area contributed by atoms with E-state index in [0.29, 0.717) is 0 Å². The smallest absolute Gasteiger partial charge is 0.241 e. The molecule has 17 heavy (non-hydrogen) atoms. The SMILES string of the molecule is CCC(CC)[C@@H](O)CNC(=O)Cn1cnnn1. The number of nitrogens with one attached hydrogen (secondary N) is 1. The maximum Gasteiger partial charge on any atom is 0.241 e. The van der Waals surface area contributed by atoms with Crippen molar-refractivity contribution in [2.24, 2.45) is 5.92 Å². The molecule has 0 bridgehead atoms. The van der Waals surface area contributed by atoms with Gasteiger partial charge in [0.05, 0.1) is 6.10 Å². The van der Waals surface area contributed by atoms with E-state index in [1.165, 1.54) is 11.0 Å². The molecule has 7 heteroatoms. The molecule has 0 aliphatic rings. The Labute approximate surface area is 100 Å². The van der Waals surface area contributed by atoms with Gasteiger partial charge in [-0.05, 0) is 16.3 Å². The first kappa shape index (κ1) is 13.6. The number of aliphatic hydroxyl groups excluding tert-OH is 1. The van der Waals surface area contributed by atoms with Gasteiger partial charge in [0.1, 0.15) is 12.9 Å². The number of tetrazole rings is 1. The summed E-state index contributed by atoms with van der Waals surface area (Å²) in [7, 11) is 0. The van der Waals surface area contributed by atoms with Crippen molar-refractivity contribution < 1.29 is 9.90 Å². The van der Waals surface area contributed by atoms with Gasteiger partial charge >= 0.3 is 0 Å². The number of nitrogens with zero attached hydrogens (tertiary/aromatic N) is 4. The van der Waals surface area contributed by atoms with E-state index >= 15 is 0 Å². The van der Waals surface area contributed by atoms with Crippen molar-refractivity contribution in [2.45, 2.75) is 39.3 Å². The zero-order chi connectivity index (χ0) is 12.7. The summed E-state index contributed by atoms with van der Waals surface area (Å²) in [4.78, 5) is 11.5.